The van der Waals surface area contributed by atoms with Gasteiger partial charge in [0.05, 0.1) is 59.8 Å². The number of aromatic hydroxyl groups is 1. The summed E-state index contributed by atoms with van der Waals surface area (Å²) in [6.07, 6.45) is 11.4. The first-order chi connectivity index (χ1) is 43.1. The predicted octanol–water partition coefficient (Wildman–Crippen LogP) is 5.47. The first kappa shape index (κ1) is 70.2. The van der Waals surface area contributed by atoms with Crippen molar-refractivity contribution in [1.82, 2.24) is 40.4 Å². The average molecular weight is 1240 g/mol. The minimum Gasteiger partial charge on any atom is -0.493 e. The number of carbonyl (C=O) groups is 7. The second kappa shape index (κ2) is 37.8. The highest BCUT2D eigenvalue weighted by Crippen LogP contribution is 2.31. The van der Waals surface area contributed by atoms with E-state index in [4.69, 9.17) is 49.4 Å². The molecule has 4 aromatic rings. The number of aromatic nitrogens is 4. The van der Waals surface area contributed by atoms with E-state index in [-0.39, 0.29) is 73.7 Å². The number of methoxy groups -OCH3 is 1. The van der Waals surface area contributed by atoms with Crippen LogP contribution in [0.3, 0.4) is 0 Å². The van der Waals surface area contributed by atoms with Crippen LogP contribution in [-0.2, 0) is 59.0 Å². The Hall–Kier alpha value is -7.94. The standard InChI is InChI=1S/C63H90N10O16/c1-5-6-33-87-62-70-57(65)56-58(71-62)72(63(81)69-56)41-44-19-23-45(24-20-44)59(78)67-30-13-32-84-36-38-85-37-35-83-31-12-29-66-51(74)18-11-34-86-49-26-21-43(39-50(49)82-4)22-27-53(76)73(60(79)55(42(2)3)68-52(75)40-64)48(61(80)89-47-16-9-10-17-47)25-28-54(77)88-46-14-7-8-15-46/h19-24,26-27,39,42,46-48,55H,5-18,25,28-38,40-41,64H2,1-4H3,(H,66,74)(H,67,78)(H,68,75)(H,69,81)(H2,65,70,71)/b27-22+/t48-,55-/m1/s1. The maximum Gasteiger partial charge on any atom is 0.329 e. The number of nitrogen functional groups attached to an aromatic ring is 1. The van der Waals surface area contributed by atoms with Gasteiger partial charge in [-0.1, -0.05) is 45.4 Å². The third-order valence-electron chi connectivity index (χ3n) is 14.9. The zero-order valence-electron chi connectivity index (χ0n) is 51.8. The van der Waals surface area contributed by atoms with Crippen molar-refractivity contribution < 1.29 is 76.6 Å². The molecule has 2 atom stereocenters. The minimum atomic E-state index is -1.51. The molecule has 26 nitrogen and oxygen atoms in total. The van der Waals surface area contributed by atoms with Gasteiger partial charge in [-0.2, -0.15) is 15.0 Å². The summed E-state index contributed by atoms with van der Waals surface area (Å²) in [4.78, 5) is 107. The Morgan fingerprint density at radius 1 is 0.742 bits per heavy atom. The number of anilines is 1. The number of esters is 2. The van der Waals surface area contributed by atoms with E-state index in [1.165, 1.54) is 17.8 Å². The fourth-order valence-electron chi connectivity index (χ4n) is 9.95. The average Bonchev–Trinajstić information content (AvgIpc) is 1.98. The molecule has 0 saturated heterocycles. The summed E-state index contributed by atoms with van der Waals surface area (Å²) in [5.41, 5.74) is 14.0. The molecule has 2 aliphatic carbocycles. The van der Waals surface area contributed by atoms with Crippen molar-refractivity contribution >= 4 is 64.5 Å². The predicted molar refractivity (Wildman–Crippen MR) is 329 cm³/mol. The SMILES string of the molecule is CCCCOc1nc(N)c2nc(O)n(Cc3ccc(C(=O)NCCCOCCOCCOCCCNC(=O)CCCOc4ccc(/C=C/C(=O)N(C(=O)[C@H](NC(=O)CN)C(C)C)[C@H](CCC(=O)OC5CCCC5)C(=O)OC5CCCC5)cc4OC)cc3)c2n1. The lowest BCUT2D eigenvalue weighted by Crippen LogP contribution is -2.58. The van der Waals surface area contributed by atoms with Gasteiger partial charge in [0.25, 0.3) is 23.7 Å². The highest BCUT2D eigenvalue weighted by atomic mass is 16.6. The van der Waals surface area contributed by atoms with Gasteiger partial charge in [0.2, 0.25) is 11.8 Å². The number of amides is 5. The van der Waals surface area contributed by atoms with Crippen molar-refractivity contribution in [3.63, 3.8) is 0 Å². The number of nitrogens with one attached hydrogen (secondary N) is 3. The quantitative estimate of drug-likeness (QED) is 0.0182. The number of benzene rings is 2. The number of unbranched alkanes of at least 4 members (excludes halogenated alkanes) is 1. The fraction of sp³-hybridized carbons (Fsp3) is 0.587. The van der Waals surface area contributed by atoms with Crippen molar-refractivity contribution in [3.05, 3.63) is 65.2 Å². The molecular weight excluding hydrogens is 1150 g/mol. The normalized spacial score (nSPS) is 14.2. The summed E-state index contributed by atoms with van der Waals surface area (Å²) in [6, 6.07) is 9.04. The molecule has 0 unspecified atom stereocenters. The molecular formula is C63H90N10O16. The van der Waals surface area contributed by atoms with Crippen LogP contribution in [0, 0.1) is 5.92 Å². The molecule has 2 aromatic carbocycles. The lowest BCUT2D eigenvalue weighted by Gasteiger charge is -2.33. The smallest absolute Gasteiger partial charge is 0.329 e. The van der Waals surface area contributed by atoms with Gasteiger partial charge >= 0.3 is 17.9 Å². The van der Waals surface area contributed by atoms with Crippen LogP contribution in [0.25, 0.3) is 17.2 Å². The van der Waals surface area contributed by atoms with Crippen molar-refractivity contribution in [1.29, 1.82) is 0 Å². The second-order valence-electron chi connectivity index (χ2n) is 22.1. The van der Waals surface area contributed by atoms with Gasteiger partial charge in [-0.05, 0) is 131 Å². The lowest BCUT2D eigenvalue weighted by molar-refractivity contribution is -0.165. The summed E-state index contributed by atoms with van der Waals surface area (Å²) < 4.78 is 47.0. The zero-order chi connectivity index (χ0) is 63.9. The molecule has 0 radical (unpaired) electrons. The van der Waals surface area contributed by atoms with Crippen molar-refractivity contribution in [2.24, 2.45) is 11.7 Å². The molecule has 2 saturated carbocycles. The van der Waals surface area contributed by atoms with E-state index in [2.05, 4.69) is 30.9 Å². The number of nitrogens with zero attached hydrogens (tertiary/aromatic N) is 5. The van der Waals surface area contributed by atoms with Crippen LogP contribution in [0.15, 0.2) is 48.5 Å². The number of ether oxygens (including phenoxy) is 8. The summed E-state index contributed by atoms with van der Waals surface area (Å²) in [6.45, 7) is 9.15. The third-order valence-corrected chi connectivity index (χ3v) is 14.9. The van der Waals surface area contributed by atoms with E-state index in [9.17, 15) is 38.7 Å². The minimum absolute atomic E-state index is 0.107. The van der Waals surface area contributed by atoms with E-state index in [1.807, 2.05) is 6.92 Å². The number of fused-ring (bicyclic) bond motifs is 1. The van der Waals surface area contributed by atoms with E-state index >= 15 is 0 Å². The number of imide groups is 1. The molecule has 26 heteroatoms. The molecule has 488 valence electrons. The van der Waals surface area contributed by atoms with Crippen molar-refractivity contribution in [3.8, 4) is 23.5 Å². The first-order valence-electron chi connectivity index (χ1n) is 31.1. The Morgan fingerprint density at radius 2 is 1.38 bits per heavy atom. The highest BCUT2D eigenvalue weighted by Gasteiger charge is 2.41. The van der Waals surface area contributed by atoms with E-state index in [0.717, 1.165) is 67.9 Å². The molecule has 5 amide bonds. The van der Waals surface area contributed by atoms with Crippen LogP contribution < -0.4 is 41.6 Å². The lowest BCUT2D eigenvalue weighted by atomic mass is 10.00. The van der Waals surface area contributed by atoms with Crippen LogP contribution in [-0.4, -0.2) is 175 Å². The zero-order valence-corrected chi connectivity index (χ0v) is 51.8. The molecule has 0 spiro atoms. The molecule has 2 fully saturated rings. The maximum atomic E-state index is 14.5. The molecule has 2 aromatic heterocycles. The van der Waals surface area contributed by atoms with Gasteiger partial charge in [0, 0.05) is 50.8 Å². The molecule has 0 aliphatic heterocycles. The Balaban J connectivity index is 0.833. The van der Waals surface area contributed by atoms with Gasteiger partial charge in [0.15, 0.2) is 28.5 Å². The fourth-order valence-corrected chi connectivity index (χ4v) is 9.95. The summed E-state index contributed by atoms with van der Waals surface area (Å²) in [5.74, 6) is -3.79. The molecule has 6 rings (SSSR count). The molecule has 2 aliphatic rings. The van der Waals surface area contributed by atoms with Crippen LogP contribution in [0.4, 0.5) is 5.82 Å². The first-order valence-corrected chi connectivity index (χ1v) is 31.1. The van der Waals surface area contributed by atoms with E-state index in [0.29, 0.717) is 120 Å². The monoisotopic (exact) mass is 1240 g/mol. The summed E-state index contributed by atoms with van der Waals surface area (Å²) >= 11 is 0. The number of hydrogen-bond acceptors (Lipinski definition) is 21. The van der Waals surface area contributed by atoms with Crippen LogP contribution in [0.1, 0.15) is 145 Å². The summed E-state index contributed by atoms with van der Waals surface area (Å²) in [5, 5.41) is 18.9. The van der Waals surface area contributed by atoms with Gasteiger partial charge in [-0.3, -0.25) is 38.2 Å². The van der Waals surface area contributed by atoms with Gasteiger partial charge in [0.1, 0.15) is 24.3 Å². The van der Waals surface area contributed by atoms with Gasteiger partial charge < -0.3 is 70.4 Å². The Bertz CT molecular complexity index is 2950. The van der Waals surface area contributed by atoms with E-state index in [1.54, 1.807) is 56.3 Å². The van der Waals surface area contributed by atoms with Crippen molar-refractivity contribution in [2.45, 2.75) is 154 Å². The molecule has 8 N–H and O–H groups in total. The third kappa shape index (κ3) is 23.2. The topological polar surface area (TPSA) is 349 Å². The number of hydrogen-bond donors (Lipinski definition) is 6. The number of imidazole rings is 1. The number of rotatable bonds is 40. The largest absolute Gasteiger partial charge is 0.493 e. The Kier molecular flexibility index (Phi) is 29.8. The van der Waals surface area contributed by atoms with E-state index < -0.39 is 60.3 Å². The molecule has 2 heterocycles. The molecule has 0 bridgehead atoms. The van der Waals surface area contributed by atoms with Crippen molar-refractivity contribution in [2.75, 3.05) is 85.3 Å². The highest BCUT2D eigenvalue weighted by molar-refractivity contribution is 6.08. The second-order valence-corrected chi connectivity index (χ2v) is 22.1. The number of nitrogens with two attached hydrogens (primary N) is 2. The number of carbonyl (C=O) groups excluding carboxylic acids is 7. The Morgan fingerprint density at radius 3 is 2.02 bits per heavy atom. The van der Waals surface area contributed by atoms with Crippen LogP contribution >= 0.6 is 0 Å². The maximum absolute atomic E-state index is 14.5. The Labute approximate surface area is 519 Å². The summed E-state index contributed by atoms with van der Waals surface area (Å²) in [7, 11) is 1.46. The van der Waals surface area contributed by atoms with Crippen LogP contribution in [0.2, 0.25) is 0 Å². The van der Waals surface area contributed by atoms with Gasteiger partial charge in [-0.15, -0.1) is 0 Å². The van der Waals surface area contributed by atoms with Crippen LogP contribution in [0.5, 0.6) is 23.5 Å². The molecule has 89 heavy (non-hydrogen) atoms. The van der Waals surface area contributed by atoms with Gasteiger partial charge in [-0.25, -0.2) is 4.79 Å².